The first-order chi connectivity index (χ1) is 8.85. The van der Waals surface area contributed by atoms with E-state index in [2.05, 4.69) is 0 Å². The van der Waals surface area contributed by atoms with Crippen LogP contribution in [0.2, 0.25) is 0 Å². The zero-order valence-corrected chi connectivity index (χ0v) is 12.9. The van der Waals surface area contributed by atoms with Gasteiger partial charge in [-0.25, -0.2) is 0 Å². The van der Waals surface area contributed by atoms with Crippen LogP contribution in [-0.2, 0) is 0 Å². The van der Waals surface area contributed by atoms with Crippen molar-refractivity contribution in [2.75, 3.05) is 4.31 Å². The van der Waals surface area contributed by atoms with Crippen molar-refractivity contribution in [3.63, 3.8) is 0 Å². The summed E-state index contributed by atoms with van der Waals surface area (Å²) < 4.78 is -0.119. The Labute approximate surface area is 131 Å². The van der Waals surface area contributed by atoms with Crippen molar-refractivity contribution in [2.24, 2.45) is 0 Å². The van der Waals surface area contributed by atoms with E-state index in [4.69, 9.17) is 45.3 Å². The fourth-order valence-corrected chi connectivity index (χ4v) is 2.43. The van der Waals surface area contributed by atoms with E-state index in [0.29, 0.717) is 5.69 Å². The summed E-state index contributed by atoms with van der Waals surface area (Å²) in [6.45, 7) is 1.95. The van der Waals surface area contributed by atoms with Crippen LogP contribution < -0.4 is 4.31 Å². The van der Waals surface area contributed by atoms with Crippen LogP contribution in [-0.4, -0.2) is 3.12 Å². The molecule has 0 N–H and O–H groups in total. The summed E-state index contributed by atoms with van der Waals surface area (Å²) in [6, 6.07) is 10.9. The highest BCUT2D eigenvalue weighted by Gasteiger charge is 2.25. The van der Waals surface area contributed by atoms with Gasteiger partial charge in [-0.1, -0.05) is 52.5 Å². The van der Waals surface area contributed by atoms with Gasteiger partial charge in [-0.2, -0.15) is 10.5 Å². The molecule has 1 aromatic carbocycles. The molecule has 19 heavy (non-hydrogen) atoms. The Balaban J connectivity index is 3.14. The van der Waals surface area contributed by atoms with Gasteiger partial charge in [0.2, 0.25) is 0 Å². The topological polar surface area (TPSA) is 50.8 Å². The summed E-state index contributed by atoms with van der Waals surface area (Å²) in [5.41, 5.74) is 1.69. The van der Waals surface area contributed by atoms with Gasteiger partial charge in [0.25, 0.3) is 3.12 Å². The molecule has 0 radical (unpaired) electrons. The molecule has 0 fully saturated rings. The van der Waals surface area contributed by atoms with Crippen molar-refractivity contribution < 1.29 is 0 Å². The Hall–Kier alpha value is -1.04. The Morgan fingerprint density at radius 2 is 1.74 bits per heavy atom. The monoisotopic (exact) mass is 331 g/mol. The number of allylic oxidation sites excluding steroid dienone is 1. The van der Waals surface area contributed by atoms with Crippen LogP contribution in [0.15, 0.2) is 36.0 Å². The maximum atomic E-state index is 8.79. The third-order valence-corrected chi connectivity index (χ3v) is 3.32. The molecule has 98 valence electrons. The molecule has 0 aliphatic carbocycles. The lowest BCUT2D eigenvalue weighted by molar-refractivity contribution is 1.37. The second-order valence-corrected chi connectivity index (χ2v) is 7.61. The number of nitriles is 2. The highest BCUT2D eigenvalue weighted by Crippen LogP contribution is 2.43. The molecule has 0 saturated carbocycles. The zero-order chi connectivity index (χ0) is 14.5. The number of hydrogen-bond acceptors (Lipinski definition) is 4. The fraction of sp³-hybridized carbons (Fsp3) is 0.167. The van der Waals surface area contributed by atoms with Crippen LogP contribution in [0, 0.1) is 29.6 Å². The smallest absolute Gasteiger partial charge is 0.256 e. The summed E-state index contributed by atoms with van der Waals surface area (Å²) in [4.78, 5) is 0. The van der Waals surface area contributed by atoms with Crippen LogP contribution in [0.25, 0.3) is 0 Å². The minimum atomic E-state index is -1.60. The lowest BCUT2D eigenvalue weighted by atomic mass is 10.2. The maximum absolute atomic E-state index is 8.79. The number of hydrogen-bond donors (Lipinski definition) is 0. The molecule has 1 aromatic rings. The van der Waals surface area contributed by atoms with Gasteiger partial charge in [0.05, 0.1) is 5.69 Å². The predicted octanol–water partition coefficient (Wildman–Crippen LogP) is 4.71. The molecular formula is C12H8Cl3N3S. The van der Waals surface area contributed by atoms with E-state index in [1.165, 1.54) is 10.5 Å². The van der Waals surface area contributed by atoms with E-state index >= 15 is 0 Å². The lowest BCUT2D eigenvalue weighted by Gasteiger charge is -2.23. The van der Waals surface area contributed by atoms with E-state index < -0.39 is 3.12 Å². The first-order valence-electron chi connectivity index (χ1n) is 4.99. The molecule has 3 nitrogen and oxygen atoms in total. The molecule has 0 saturated heterocycles. The van der Waals surface area contributed by atoms with Gasteiger partial charge in [-0.05, 0) is 19.1 Å². The van der Waals surface area contributed by atoms with Crippen molar-refractivity contribution in [1.82, 2.24) is 0 Å². The number of alkyl halides is 3. The maximum Gasteiger partial charge on any atom is 0.256 e. The average Bonchev–Trinajstić information content (AvgIpc) is 2.34. The Kier molecular flexibility index (Phi) is 5.85. The average molecular weight is 333 g/mol. The largest absolute Gasteiger partial charge is 0.286 e. The number of anilines is 1. The minimum Gasteiger partial charge on any atom is -0.286 e. The van der Waals surface area contributed by atoms with E-state index in [9.17, 15) is 0 Å². The van der Waals surface area contributed by atoms with Crippen LogP contribution in [0.1, 0.15) is 5.56 Å². The first-order valence-corrected chi connectivity index (χ1v) is 6.90. The molecule has 0 heterocycles. The SMILES string of the molecule is Cc1ccc(N(C=C(C#N)C#N)SC(Cl)(Cl)Cl)cc1. The molecular weight excluding hydrogens is 325 g/mol. The number of benzene rings is 1. The van der Waals surface area contributed by atoms with Gasteiger partial charge in [0, 0.05) is 18.1 Å². The molecule has 0 atom stereocenters. The standard InChI is InChI=1S/C12H8Cl3N3S/c1-9-2-4-11(5-3-9)18(19-12(13,14)15)8-10(6-16)7-17/h2-5,8H,1H3. The number of halogens is 3. The Morgan fingerprint density at radius 3 is 2.16 bits per heavy atom. The highest BCUT2D eigenvalue weighted by atomic mass is 35.6. The van der Waals surface area contributed by atoms with Crippen LogP contribution in [0.4, 0.5) is 5.69 Å². The van der Waals surface area contributed by atoms with E-state index in [0.717, 1.165) is 17.5 Å². The summed E-state index contributed by atoms with van der Waals surface area (Å²) >= 11 is 18.1. The molecule has 0 unspecified atom stereocenters. The predicted molar refractivity (Wildman–Crippen MR) is 80.8 cm³/mol. The van der Waals surface area contributed by atoms with Gasteiger partial charge in [-0.3, -0.25) is 4.31 Å². The summed E-state index contributed by atoms with van der Waals surface area (Å²) in [5, 5.41) is 17.6. The van der Waals surface area contributed by atoms with E-state index in [1.807, 2.05) is 31.2 Å². The molecule has 0 amide bonds. The minimum absolute atomic E-state index is 0.0812. The Bertz CT molecular complexity index is 534. The molecule has 1 rings (SSSR count). The van der Waals surface area contributed by atoms with Gasteiger partial charge in [0.1, 0.15) is 17.7 Å². The zero-order valence-electron chi connectivity index (χ0n) is 9.77. The highest BCUT2D eigenvalue weighted by molar-refractivity contribution is 8.06. The molecule has 0 bridgehead atoms. The van der Waals surface area contributed by atoms with Crippen molar-refractivity contribution in [1.29, 1.82) is 10.5 Å². The van der Waals surface area contributed by atoms with Crippen molar-refractivity contribution in [3.05, 3.63) is 41.6 Å². The second-order valence-electron chi connectivity index (χ2n) is 3.46. The molecule has 0 aromatic heterocycles. The summed E-state index contributed by atoms with van der Waals surface area (Å²) in [5.74, 6) is 0. The molecule has 0 spiro atoms. The van der Waals surface area contributed by atoms with Gasteiger partial charge in [0.15, 0.2) is 0 Å². The van der Waals surface area contributed by atoms with Crippen LogP contribution in [0.3, 0.4) is 0 Å². The van der Waals surface area contributed by atoms with Gasteiger partial charge in [-0.15, -0.1) is 0 Å². The summed E-state index contributed by atoms with van der Waals surface area (Å²) in [6.07, 6.45) is 1.33. The summed E-state index contributed by atoms with van der Waals surface area (Å²) in [7, 11) is 0. The normalized spacial score (nSPS) is 10.2. The van der Waals surface area contributed by atoms with Gasteiger partial charge < -0.3 is 0 Å². The first kappa shape index (κ1) is 16.0. The van der Waals surface area contributed by atoms with Gasteiger partial charge >= 0.3 is 0 Å². The lowest BCUT2D eigenvalue weighted by Crippen LogP contribution is -2.13. The van der Waals surface area contributed by atoms with Crippen LogP contribution >= 0.6 is 46.8 Å². The van der Waals surface area contributed by atoms with Crippen molar-refractivity contribution in [2.45, 2.75) is 10.0 Å². The number of nitrogens with zero attached hydrogens (tertiary/aromatic N) is 3. The van der Waals surface area contributed by atoms with Crippen molar-refractivity contribution >= 4 is 52.4 Å². The van der Waals surface area contributed by atoms with E-state index in [-0.39, 0.29) is 5.57 Å². The molecule has 0 aliphatic rings. The van der Waals surface area contributed by atoms with Crippen molar-refractivity contribution in [3.8, 4) is 12.1 Å². The van der Waals surface area contributed by atoms with Crippen LogP contribution in [0.5, 0.6) is 0 Å². The van der Waals surface area contributed by atoms with E-state index in [1.54, 1.807) is 12.1 Å². The quantitative estimate of drug-likeness (QED) is 0.457. The number of aryl methyl sites for hydroxylation is 1. The Morgan fingerprint density at radius 1 is 1.21 bits per heavy atom. The third-order valence-electron chi connectivity index (χ3n) is 1.98. The number of rotatable bonds is 3. The second kappa shape index (κ2) is 6.93. The third kappa shape index (κ3) is 5.63. The molecule has 0 aliphatic heterocycles. The fourth-order valence-electron chi connectivity index (χ4n) is 1.16. The molecule has 7 heteroatoms.